The second-order valence-electron chi connectivity index (χ2n) is 4.04. The summed E-state index contributed by atoms with van der Waals surface area (Å²) < 4.78 is 20.9. The van der Waals surface area contributed by atoms with Crippen molar-refractivity contribution >= 4 is 16.3 Å². The van der Waals surface area contributed by atoms with Crippen molar-refractivity contribution in [1.82, 2.24) is 9.38 Å². The van der Waals surface area contributed by atoms with E-state index in [1.54, 1.807) is 6.07 Å². The van der Waals surface area contributed by atoms with E-state index in [2.05, 4.69) is 4.98 Å². The number of rotatable bonds is 4. The Morgan fingerprint density at radius 3 is 3.05 bits per heavy atom. The number of aliphatic hydroxyl groups is 1. The highest BCUT2D eigenvalue weighted by Gasteiger charge is 2.07. The Balaban J connectivity index is 1.73. The van der Waals surface area contributed by atoms with Gasteiger partial charge in [0.15, 0.2) is 16.5 Å². The average Bonchev–Trinajstić information content (AvgIpc) is 2.98. The first-order valence-corrected chi connectivity index (χ1v) is 6.57. The number of imidazole rings is 1. The molecule has 0 unspecified atom stereocenters. The lowest BCUT2D eigenvalue weighted by molar-refractivity contribution is 0.275. The molecule has 0 saturated carbocycles. The van der Waals surface area contributed by atoms with Gasteiger partial charge in [0.25, 0.3) is 0 Å². The highest BCUT2D eigenvalue weighted by molar-refractivity contribution is 7.15. The van der Waals surface area contributed by atoms with Crippen LogP contribution >= 0.6 is 11.3 Å². The highest BCUT2D eigenvalue weighted by Crippen LogP contribution is 2.20. The molecule has 0 fully saturated rings. The molecule has 0 atom stereocenters. The fourth-order valence-corrected chi connectivity index (χ4v) is 2.48. The minimum Gasteiger partial charge on any atom is -0.484 e. The van der Waals surface area contributed by atoms with Gasteiger partial charge in [-0.3, -0.25) is 4.40 Å². The summed E-state index contributed by atoms with van der Waals surface area (Å²) in [5.41, 5.74) is 1.27. The predicted molar refractivity (Wildman–Crippen MR) is 69.7 cm³/mol. The van der Waals surface area contributed by atoms with Gasteiger partial charge in [0.05, 0.1) is 12.3 Å². The molecular formula is C13H11FN2O2S. The summed E-state index contributed by atoms with van der Waals surface area (Å²) >= 11 is 1.53. The molecule has 1 aromatic carbocycles. The first-order chi connectivity index (χ1) is 9.26. The molecule has 4 nitrogen and oxygen atoms in total. The molecule has 0 bridgehead atoms. The summed E-state index contributed by atoms with van der Waals surface area (Å²) in [6.45, 7) is 0.0261. The number of aliphatic hydroxyl groups excluding tert-OH is 1. The molecule has 3 rings (SSSR count). The van der Waals surface area contributed by atoms with E-state index in [1.165, 1.54) is 23.5 Å². The molecule has 2 aromatic heterocycles. The van der Waals surface area contributed by atoms with Gasteiger partial charge in [-0.25, -0.2) is 9.37 Å². The van der Waals surface area contributed by atoms with E-state index in [0.717, 1.165) is 10.7 Å². The summed E-state index contributed by atoms with van der Waals surface area (Å²) in [6.07, 6.45) is 3.76. The topological polar surface area (TPSA) is 46.8 Å². The van der Waals surface area contributed by atoms with Gasteiger partial charge in [-0.15, -0.1) is 11.3 Å². The second kappa shape index (κ2) is 4.99. The molecule has 0 saturated heterocycles. The summed E-state index contributed by atoms with van der Waals surface area (Å²) in [4.78, 5) is 5.23. The van der Waals surface area contributed by atoms with E-state index in [1.807, 2.05) is 22.2 Å². The zero-order valence-corrected chi connectivity index (χ0v) is 10.7. The van der Waals surface area contributed by atoms with Crippen molar-refractivity contribution in [3.63, 3.8) is 0 Å². The fraction of sp³-hybridized carbons (Fsp3) is 0.154. The average molecular weight is 278 g/mol. The standard InChI is InChI=1S/C13H11FN2O2S/c14-11-5-9(7-17)1-2-12(11)18-8-10-6-16-3-4-19-13(16)15-10/h1-6,17H,7-8H2. The number of hydrogen-bond acceptors (Lipinski definition) is 4. The lowest BCUT2D eigenvalue weighted by atomic mass is 10.2. The largest absolute Gasteiger partial charge is 0.484 e. The molecule has 0 aliphatic heterocycles. The first-order valence-electron chi connectivity index (χ1n) is 5.69. The van der Waals surface area contributed by atoms with E-state index in [9.17, 15) is 4.39 Å². The van der Waals surface area contributed by atoms with Crippen LogP contribution in [0, 0.1) is 5.82 Å². The van der Waals surface area contributed by atoms with Crippen LogP contribution in [0.15, 0.2) is 36.0 Å². The Kier molecular flexibility index (Phi) is 3.18. The van der Waals surface area contributed by atoms with Crippen LogP contribution in [0.5, 0.6) is 5.75 Å². The van der Waals surface area contributed by atoms with Crippen LogP contribution in [-0.4, -0.2) is 14.5 Å². The van der Waals surface area contributed by atoms with Crippen LogP contribution in [0.1, 0.15) is 11.3 Å². The Morgan fingerprint density at radius 1 is 1.42 bits per heavy atom. The van der Waals surface area contributed by atoms with Crippen LogP contribution in [-0.2, 0) is 13.2 Å². The molecule has 0 aliphatic rings. The van der Waals surface area contributed by atoms with Gasteiger partial charge in [-0.05, 0) is 17.7 Å². The monoisotopic (exact) mass is 278 g/mol. The second-order valence-corrected chi connectivity index (χ2v) is 4.91. The smallest absolute Gasteiger partial charge is 0.193 e. The van der Waals surface area contributed by atoms with Gasteiger partial charge in [-0.2, -0.15) is 0 Å². The van der Waals surface area contributed by atoms with Gasteiger partial charge >= 0.3 is 0 Å². The zero-order valence-electron chi connectivity index (χ0n) is 9.91. The molecule has 0 aliphatic carbocycles. The molecule has 0 amide bonds. The highest BCUT2D eigenvalue weighted by atomic mass is 32.1. The van der Waals surface area contributed by atoms with Crippen molar-refractivity contribution in [2.24, 2.45) is 0 Å². The van der Waals surface area contributed by atoms with Crippen molar-refractivity contribution in [1.29, 1.82) is 0 Å². The maximum absolute atomic E-state index is 13.6. The lowest BCUT2D eigenvalue weighted by Crippen LogP contribution is -1.98. The van der Waals surface area contributed by atoms with E-state index in [-0.39, 0.29) is 19.0 Å². The third-order valence-electron chi connectivity index (χ3n) is 2.70. The van der Waals surface area contributed by atoms with Gasteiger partial charge in [0.1, 0.15) is 6.61 Å². The zero-order chi connectivity index (χ0) is 13.2. The van der Waals surface area contributed by atoms with Gasteiger partial charge in [0.2, 0.25) is 0 Å². The number of fused-ring (bicyclic) bond motifs is 1. The number of hydrogen-bond donors (Lipinski definition) is 1. The Bertz CT molecular complexity index is 679. The SMILES string of the molecule is OCc1ccc(OCc2cn3ccsc3n2)c(F)c1. The summed E-state index contributed by atoms with van der Waals surface area (Å²) in [7, 11) is 0. The number of aromatic nitrogens is 2. The summed E-state index contributed by atoms with van der Waals surface area (Å²) in [5, 5.41) is 10.8. The van der Waals surface area contributed by atoms with Crippen molar-refractivity contribution < 1.29 is 14.2 Å². The quantitative estimate of drug-likeness (QED) is 0.798. The molecule has 0 spiro atoms. The van der Waals surface area contributed by atoms with Crippen LogP contribution in [0.25, 0.3) is 4.96 Å². The molecule has 1 N–H and O–H groups in total. The fourth-order valence-electron chi connectivity index (χ4n) is 1.76. The van der Waals surface area contributed by atoms with Crippen molar-refractivity contribution in [2.45, 2.75) is 13.2 Å². The van der Waals surface area contributed by atoms with Gasteiger partial charge < -0.3 is 9.84 Å². The summed E-state index contributed by atoms with van der Waals surface area (Å²) in [5.74, 6) is -0.318. The van der Waals surface area contributed by atoms with Gasteiger partial charge in [0, 0.05) is 17.8 Å². The number of ether oxygens (including phenoxy) is 1. The van der Waals surface area contributed by atoms with E-state index in [0.29, 0.717) is 5.56 Å². The van der Waals surface area contributed by atoms with Crippen LogP contribution in [0.3, 0.4) is 0 Å². The Hall–Kier alpha value is -1.92. The Morgan fingerprint density at radius 2 is 2.32 bits per heavy atom. The maximum Gasteiger partial charge on any atom is 0.193 e. The van der Waals surface area contributed by atoms with Crippen molar-refractivity contribution in [2.75, 3.05) is 0 Å². The molecular weight excluding hydrogens is 267 g/mol. The third kappa shape index (κ3) is 2.45. The number of nitrogens with zero attached hydrogens (tertiary/aromatic N) is 2. The van der Waals surface area contributed by atoms with E-state index >= 15 is 0 Å². The van der Waals surface area contributed by atoms with E-state index in [4.69, 9.17) is 9.84 Å². The lowest BCUT2D eigenvalue weighted by Gasteiger charge is -2.06. The van der Waals surface area contributed by atoms with Crippen LogP contribution in [0.2, 0.25) is 0 Å². The molecule has 19 heavy (non-hydrogen) atoms. The predicted octanol–water partition coefficient (Wildman–Crippen LogP) is 2.61. The van der Waals surface area contributed by atoms with Crippen LogP contribution in [0.4, 0.5) is 4.39 Å². The van der Waals surface area contributed by atoms with E-state index < -0.39 is 5.82 Å². The maximum atomic E-state index is 13.6. The van der Waals surface area contributed by atoms with Crippen LogP contribution < -0.4 is 4.74 Å². The molecule has 3 aromatic rings. The Labute approximate surface area is 112 Å². The van der Waals surface area contributed by atoms with Gasteiger partial charge in [-0.1, -0.05) is 6.07 Å². The first kappa shape index (κ1) is 12.1. The number of benzene rings is 1. The minimum absolute atomic E-state index is 0.161. The molecule has 0 radical (unpaired) electrons. The minimum atomic E-state index is -0.479. The van der Waals surface area contributed by atoms with Crippen molar-refractivity contribution in [3.05, 3.63) is 53.0 Å². The molecule has 2 heterocycles. The molecule has 6 heteroatoms. The van der Waals surface area contributed by atoms with Crippen molar-refractivity contribution in [3.8, 4) is 5.75 Å². The number of thiazole rings is 1. The molecule has 98 valence electrons. The number of halogens is 1. The normalized spacial score (nSPS) is 11.1. The summed E-state index contributed by atoms with van der Waals surface area (Å²) in [6, 6.07) is 4.41. The third-order valence-corrected chi connectivity index (χ3v) is 3.47.